The Hall–Kier alpha value is -3.58. The fraction of sp³-hybridized carbons (Fsp3) is 0.296. The number of carbonyl (C=O) groups is 2. The van der Waals surface area contributed by atoms with Crippen molar-refractivity contribution in [3.63, 3.8) is 0 Å². The minimum atomic E-state index is -0.143. The molecular formula is C27H28ClN3O4. The number of likely N-dealkylation sites (tertiary alicyclic amines) is 1. The maximum Gasteiger partial charge on any atom is 0.257 e. The van der Waals surface area contributed by atoms with E-state index in [1.807, 2.05) is 42.5 Å². The van der Waals surface area contributed by atoms with E-state index in [9.17, 15) is 9.59 Å². The van der Waals surface area contributed by atoms with E-state index in [-0.39, 0.29) is 17.7 Å². The van der Waals surface area contributed by atoms with Crippen molar-refractivity contribution in [1.82, 2.24) is 15.2 Å². The number of nitrogens with zero attached hydrogens (tertiary/aromatic N) is 2. The highest BCUT2D eigenvalue weighted by Gasteiger charge is 2.29. The summed E-state index contributed by atoms with van der Waals surface area (Å²) in [4.78, 5) is 31.7. The van der Waals surface area contributed by atoms with Crippen molar-refractivity contribution < 1.29 is 19.1 Å². The van der Waals surface area contributed by atoms with Crippen LogP contribution in [0.15, 0.2) is 66.9 Å². The third kappa shape index (κ3) is 6.51. The van der Waals surface area contributed by atoms with Crippen molar-refractivity contribution in [3.05, 3.63) is 88.6 Å². The number of nitrogens with one attached hydrogen (secondary N) is 1. The smallest absolute Gasteiger partial charge is 0.257 e. The number of rotatable bonds is 8. The van der Waals surface area contributed by atoms with Gasteiger partial charge in [-0.15, -0.1) is 0 Å². The van der Waals surface area contributed by atoms with Gasteiger partial charge in [-0.2, -0.15) is 0 Å². The molecule has 1 aliphatic rings. The summed E-state index contributed by atoms with van der Waals surface area (Å²) < 4.78 is 11.1. The monoisotopic (exact) mass is 493 g/mol. The third-order valence-corrected chi connectivity index (χ3v) is 6.28. The van der Waals surface area contributed by atoms with Gasteiger partial charge in [-0.05, 0) is 48.2 Å². The van der Waals surface area contributed by atoms with Crippen LogP contribution in [0.4, 0.5) is 0 Å². The maximum absolute atomic E-state index is 13.0. The van der Waals surface area contributed by atoms with Gasteiger partial charge in [0.1, 0.15) is 12.4 Å². The molecule has 0 radical (unpaired) electrons. The molecule has 0 aliphatic carbocycles. The zero-order valence-corrected chi connectivity index (χ0v) is 20.3. The van der Waals surface area contributed by atoms with Gasteiger partial charge in [-0.25, -0.2) is 4.98 Å². The van der Waals surface area contributed by atoms with Crippen LogP contribution < -0.4 is 14.8 Å². The van der Waals surface area contributed by atoms with Gasteiger partial charge in [0.05, 0.1) is 12.7 Å². The second kappa shape index (κ2) is 11.7. The predicted octanol–water partition coefficient (Wildman–Crippen LogP) is 4.49. The van der Waals surface area contributed by atoms with Crippen molar-refractivity contribution in [2.45, 2.75) is 26.0 Å². The molecule has 0 spiro atoms. The van der Waals surface area contributed by atoms with E-state index in [4.69, 9.17) is 21.1 Å². The highest BCUT2D eigenvalue weighted by molar-refractivity contribution is 6.31. The van der Waals surface area contributed by atoms with Crippen LogP contribution in [-0.2, 0) is 17.9 Å². The molecule has 0 saturated carbocycles. The van der Waals surface area contributed by atoms with E-state index in [1.165, 1.54) is 7.11 Å². The molecule has 2 aromatic carbocycles. The molecule has 0 bridgehead atoms. The summed E-state index contributed by atoms with van der Waals surface area (Å²) in [5.74, 6) is 0.715. The Kier molecular flexibility index (Phi) is 8.21. The van der Waals surface area contributed by atoms with E-state index < -0.39 is 0 Å². The van der Waals surface area contributed by atoms with Crippen LogP contribution in [0.2, 0.25) is 5.02 Å². The van der Waals surface area contributed by atoms with Crippen LogP contribution in [0.5, 0.6) is 11.6 Å². The number of pyridine rings is 1. The average Bonchev–Trinajstić information content (AvgIpc) is 2.91. The van der Waals surface area contributed by atoms with E-state index in [1.54, 1.807) is 29.3 Å². The lowest BCUT2D eigenvalue weighted by Crippen LogP contribution is -2.43. The predicted molar refractivity (Wildman–Crippen MR) is 133 cm³/mol. The van der Waals surface area contributed by atoms with Crippen LogP contribution in [0, 0.1) is 5.92 Å². The molecule has 1 N–H and O–H groups in total. The summed E-state index contributed by atoms with van der Waals surface area (Å²) in [5.41, 5.74) is 2.41. The number of aromatic nitrogens is 1. The van der Waals surface area contributed by atoms with Gasteiger partial charge in [0.2, 0.25) is 11.8 Å². The number of piperidine rings is 1. The van der Waals surface area contributed by atoms with Gasteiger partial charge in [0, 0.05) is 42.8 Å². The molecular weight excluding hydrogens is 466 g/mol. The van der Waals surface area contributed by atoms with Crippen molar-refractivity contribution in [2.24, 2.45) is 5.92 Å². The summed E-state index contributed by atoms with van der Waals surface area (Å²) in [6.45, 7) is 1.82. The molecule has 1 fully saturated rings. The number of amides is 2. The van der Waals surface area contributed by atoms with Crippen molar-refractivity contribution >= 4 is 23.4 Å². The largest absolute Gasteiger partial charge is 0.496 e. The lowest BCUT2D eigenvalue weighted by Gasteiger charge is -2.31. The quantitative estimate of drug-likeness (QED) is 0.500. The van der Waals surface area contributed by atoms with E-state index in [2.05, 4.69) is 10.3 Å². The molecule has 0 unspecified atom stereocenters. The zero-order chi connectivity index (χ0) is 24.6. The maximum atomic E-state index is 13.0. The van der Waals surface area contributed by atoms with Gasteiger partial charge in [-0.3, -0.25) is 9.59 Å². The molecule has 1 aromatic heterocycles. The Morgan fingerprint density at radius 3 is 2.57 bits per heavy atom. The van der Waals surface area contributed by atoms with Crippen LogP contribution in [0.25, 0.3) is 0 Å². The highest BCUT2D eigenvalue weighted by Crippen LogP contribution is 2.26. The summed E-state index contributed by atoms with van der Waals surface area (Å²) in [5, 5.41) is 3.49. The van der Waals surface area contributed by atoms with Gasteiger partial charge < -0.3 is 19.7 Å². The first-order valence-electron chi connectivity index (χ1n) is 11.6. The lowest BCUT2D eigenvalue weighted by molar-refractivity contribution is -0.126. The standard InChI is InChI=1S/C27H28ClN3O4/c1-34-24-8-7-22(28)16-23(24)27(33)31-13-10-21(11-14-31)26(32)30-17-20-9-12-29-25(15-20)35-18-19-5-3-2-4-6-19/h2-9,12,15-16,21H,10-11,13-14,17-18H2,1H3,(H,30,32). The fourth-order valence-corrected chi connectivity index (χ4v) is 4.24. The first-order valence-corrected chi connectivity index (χ1v) is 11.9. The second-order valence-corrected chi connectivity index (χ2v) is 8.84. The zero-order valence-electron chi connectivity index (χ0n) is 19.6. The van der Waals surface area contributed by atoms with Crippen molar-refractivity contribution in [2.75, 3.05) is 20.2 Å². The molecule has 3 aromatic rings. The summed E-state index contributed by atoms with van der Waals surface area (Å²) in [6.07, 6.45) is 2.88. The number of carbonyl (C=O) groups excluding carboxylic acids is 2. The molecule has 0 atom stereocenters. The van der Waals surface area contributed by atoms with Crippen molar-refractivity contribution in [1.29, 1.82) is 0 Å². The van der Waals surface area contributed by atoms with E-state index >= 15 is 0 Å². The Morgan fingerprint density at radius 1 is 1.06 bits per heavy atom. The molecule has 2 heterocycles. The van der Waals surface area contributed by atoms with Gasteiger partial charge >= 0.3 is 0 Å². The van der Waals surface area contributed by atoms with Gasteiger partial charge in [0.25, 0.3) is 5.91 Å². The normalized spacial score (nSPS) is 13.8. The Balaban J connectivity index is 1.26. The number of hydrogen-bond donors (Lipinski definition) is 1. The molecule has 2 amide bonds. The second-order valence-electron chi connectivity index (χ2n) is 8.41. The summed E-state index contributed by atoms with van der Waals surface area (Å²) in [6, 6.07) is 18.6. The summed E-state index contributed by atoms with van der Waals surface area (Å²) >= 11 is 6.07. The number of halogens is 1. The van der Waals surface area contributed by atoms with E-state index in [0.717, 1.165) is 11.1 Å². The topological polar surface area (TPSA) is 80.8 Å². The molecule has 4 rings (SSSR count). The first kappa shape index (κ1) is 24.5. The molecule has 1 aliphatic heterocycles. The molecule has 8 heteroatoms. The Bertz CT molecular complexity index is 1160. The molecule has 7 nitrogen and oxygen atoms in total. The minimum absolute atomic E-state index is 0.0130. The molecule has 182 valence electrons. The van der Waals surface area contributed by atoms with Crippen LogP contribution >= 0.6 is 11.6 Å². The van der Waals surface area contributed by atoms with E-state index in [0.29, 0.717) is 61.3 Å². The Morgan fingerprint density at radius 2 is 1.83 bits per heavy atom. The van der Waals surface area contributed by atoms with Crippen LogP contribution in [0.3, 0.4) is 0 Å². The van der Waals surface area contributed by atoms with Crippen molar-refractivity contribution in [3.8, 4) is 11.6 Å². The number of hydrogen-bond acceptors (Lipinski definition) is 5. The minimum Gasteiger partial charge on any atom is -0.496 e. The molecule has 1 saturated heterocycles. The number of methoxy groups -OCH3 is 1. The fourth-order valence-electron chi connectivity index (χ4n) is 4.07. The molecule has 35 heavy (non-hydrogen) atoms. The Labute approximate surface area is 210 Å². The highest BCUT2D eigenvalue weighted by atomic mass is 35.5. The number of benzene rings is 2. The SMILES string of the molecule is COc1ccc(Cl)cc1C(=O)N1CCC(C(=O)NCc2ccnc(OCc3ccccc3)c2)CC1. The third-order valence-electron chi connectivity index (χ3n) is 6.04. The average molecular weight is 494 g/mol. The van der Waals surface area contributed by atoms with Gasteiger partial charge in [0.15, 0.2) is 0 Å². The summed E-state index contributed by atoms with van der Waals surface area (Å²) in [7, 11) is 1.53. The van der Waals surface area contributed by atoms with Crippen LogP contribution in [0.1, 0.15) is 34.3 Å². The number of ether oxygens (including phenoxy) is 2. The first-order chi connectivity index (χ1) is 17.0. The lowest BCUT2D eigenvalue weighted by atomic mass is 9.95. The van der Waals surface area contributed by atoms with Crippen LogP contribution in [-0.4, -0.2) is 41.9 Å². The van der Waals surface area contributed by atoms with Gasteiger partial charge in [-0.1, -0.05) is 41.9 Å².